The first-order chi connectivity index (χ1) is 12.2. The fourth-order valence-corrected chi connectivity index (χ4v) is 5.33. The number of pyridine rings is 1. The van der Waals surface area contributed by atoms with Gasteiger partial charge in [-0.1, -0.05) is 54.1 Å². The number of nitrogens with one attached hydrogen (secondary N) is 1. The summed E-state index contributed by atoms with van der Waals surface area (Å²) in [5.41, 5.74) is 3.98. The predicted molar refractivity (Wildman–Crippen MR) is 116 cm³/mol. The summed E-state index contributed by atoms with van der Waals surface area (Å²) in [6, 6.07) is 8.27. The average Bonchev–Trinajstić information content (AvgIpc) is 2.57. The zero-order chi connectivity index (χ0) is 18.7. The second-order valence-electron chi connectivity index (χ2n) is 7.79. The molecule has 2 nitrogen and oxygen atoms in total. The SMILES string of the molecule is CC1(C)C=CC2=C(C1)Nc1ncc(F)c(I)c1C2(C)c1cccc(Br)c1. The quantitative estimate of drug-likeness (QED) is 0.427. The lowest BCUT2D eigenvalue weighted by Gasteiger charge is -2.43. The molecule has 0 spiro atoms. The maximum atomic E-state index is 14.5. The Kier molecular flexibility index (Phi) is 4.30. The Bertz CT molecular complexity index is 980. The summed E-state index contributed by atoms with van der Waals surface area (Å²) in [5.74, 6) is 0.472. The van der Waals surface area contributed by atoms with Crippen molar-refractivity contribution in [2.75, 3.05) is 5.32 Å². The fraction of sp³-hybridized carbons (Fsp3) is 0.286. The van der Waals surface area contributed by atoms with E-state index in [0.717, 1.165) is 27.8 Å². The number of hydrogen-bond acceptors (Lipinski definition) is 2. The van der Waals surface area contributed by atoms with Crippen molar-refractivity contribution in [1.29, 1.82) is 0 Å². The molecule has 134 valence electrons. The van der Waals surface area contributed by atoms with Crippen molar-refractivity contribution >= 4 is 44.3 Å². The van der Waals surface area contributed by atoms with Crippen molar-refractivity contribution in [2.24, 2.45) is 5.41 Å². The van der Waals surface area contributed by atoms with Gasteiger partial charge in [0.1, 0.15) is 5.82 Å². The Hall–Kier alpha value is -1.21. The molecule has 4 rings (SSSR count). The molecule has 0 radical (unpaired) electrons. The van der Waals surface area contributed by atoms with Gasteiger partial charge in [-0.2, -0.15) is 0 Å². The van der Waals surface area contributed by atoms with Gasteiger partial charge in [0, 0.05) is 21.1 Å². The van der Waals surface area contributed by atoms with Crippen LogP contribution in [-0.2, 0) is 5.41 Å². The first-order valence-corrected chi connectivity index (χ1v) is 10.4. The van der Waals surface area contributed by atoms with Gasteiger partial charge in [0.2, 0.25) is 0 Å². The molecule has 0 saturated carbocycles. The van der Waals surface area contributed by atoms with E-state index in [2.05, 4.69) is 93.9 Å². The molecule has 2 aromatic rings. The highest BCUT2D eigenvalue weighted by Gasteiger charge is 2.44. The van der Waals surface area contributed by atoms with E-state index in [1.807, 2.05) is 12.1 Å². The number of allylic oxidation sites excluding steroid dienone is 4. The summed E-state index contributed by atoms with van der Waals surface area (Å²) in [5, 5.41) is 3.50. The van der Waals surface area contributed by atoms with Crippen LogP contribution in [0.2, 0.25) is 0 Å². The highest BCUT2D eigenvalue weighted by atomic mass is 127. The monoisotopic (exact) mass is 524 g/mol. The molecule has 26 heavy (non-hydrogen) atoms. The second-order valence-corrected chi connectivity index (χ2v) is 9.79. The number of anilines is 1. The molecule has 2 heterocycles. The highest BCUT2D eigenvalue weighted by Crippen LogP contribution is 2.52. The van der Waals surface area contributed by atoms with E-state index in [9.17, 15) is 4.39 Å². The molecule has 1 aromatic carbocycles. The van der Waals surface area contributed by atoms with Gasteiger partial charge in [-0.05, 0) is 64.6 Å². The summed E-state index contributed by atoms with van der Waals surface area (Å²) < 4.78 is 16.1. The normalized spacial score (nSPS) is 23.3. The maximum Gasteiger partial charge on any atom is 0.155 e. The number of fused-ring (bicyclic) bond motifs is 1. The number of rotatable bonds is 1. The van der Waals surface area contributed by atoms with E-state index in [1.54, 1.807) is 0 Å². The number of aromatic nitrogens is 1. The first-order valence-electron chi connectivity index (χ1n) is 8.53. The van der Waals surface area contributed by atoms with Crippen LogP contribution in [0, 0.1) is 14.8 Å². The minimum Gasteiger partial charge on any atom is -0.343 e. The Morgan fingerprint density at radius 3 is 2.77 bits per heavy atom. The van der Waals surface area contributed by atoms with E-state index in [4.69, 9.17) is 0 Å². The lowest BCUT2D eigenvalue weighted by atomic mass is 9.65. The largest absolute Gasteiger partial charge is 0.343 e. The van der Waals surface area contributed by atoms with Gasteiger partial charge in [0.05, 0.1) is 9.77 Å². The van der Waals surface area contributed by atoms with Gasteiger partial charge >= 0.3 is 0 Å². The zero-order valence-corrected chi connectivity index (χ0v) is 18.6. The van der Waals surface area contributed by atoms with E-state index in [-0.39, 0.29) is 11.2 Å². The number of halogens is 3. The van der Waals surface area contributed by atoms with Crippen LogP contribution in [-0.4, -0.2) is 4.98 Å². The lowest BCUT2D eigenvalue weighted by molar-refractivity contribution is 0.457. The first kappa shape index (κ1) is 18.2. The van der Waals surface area contributed by atoms with Crippen LogP contribution < -0.4 is 5.32 Å². The minimum absolute atomic E-state index is 0.0781. The van der Waals surface area contributed by atoms with Gasteiger partial charge in [0.25, 0.3) is 0 Å². The van der Waals surface area contributed by atoms with Crippen LogP contribution in [0.3, 0.4) is 0 Å². The molecule has 0 bridgehead atoms. The minimum atomic E-state index is -0.474. The summed E-state index contributed by atoms with van der Waals surface area (Å²) in [7, 11) is 0. The number of benzene rings is 1. The molecular formula is C21H19BrFIN2. The highest BCUT2D eigenvalue weighted by molar-refractivity contribution is 14.1. The Balaban J connectivity index is 2.05. The van der Waals surface area contributed by atoms with Crippen LogP contribution in [0.5, 0.6) is 0 Å². The van der Waals surface area contributed by atoms with Crippen molar-refractivity contribution in [1.82, 2.24) is 4.98 Å². The Labute approximate surface area is 175 Å². The summed E-state index contributed by atoms with van der Waals surface area (Å²) in [4.78, 5) is 4.40. The smallest absolute Gasteiger partial charge is 0.155 e. The molecule has 1 atom stereocenters. The van der Waals surface area contributed by atoms with Crippen LogP contribution >= 0.6 is 38.5 Å². The number of hydrogen-bond donors (Lipinski definition) is 1. The van der Waals surface area contributed by atoms with Crippen molar-refractivity contribution in [3.8, 4) is 0 Å². The average molecular weight is 525 g/mol. The second kappa shape index (κ2) is 6.16. The summed E-state index contributed by atoms with van der Waals surface area (Å²) in [6.07, 6.45) is 6.67. The Morgan fingerprint density at radius 1 is 1.27 bits per heavy atom. The standard InChI is InChI=1S/C21H19BrFIN2/c1-20(2)8-7-14-16(10-20)26-19-17(18(24)15(23)11-25-19)21(14,3)12-5-4-6-13(22)9-12/h4-9,11H,10H2,1-3H3,(H,25,26). The van der Waals surface area contributed by atoms with E-state index in [0.29, 0.717) is 3.57 Å². The lowest BCUT2D eigenvalue weighted by Crippen LogP contribution is -2.37. The maximum absolute atomic E-state index is 14.5. The molecule has 1 aliphatic heterocycles. The molecule has 2 aliphatic rings. The van der Waals surface area contributed by atoms with Crippen molar-refractivity contribution in [3.05, 3.63) is 78.9 Å². The van der Waals surface area contributed by atoms with Gasteiger partial charge in [-0.3, -0.25) is 0 Å². The van der Waals surface area contributed by atoms with E-state index < -0.39 is 5.41 Å². The molecule has 0 amide bonds. The van der Waals surface area contributed by atoms with Crippen LogP contribution in [0.1, 0.15) is 38.3 Å². The van der Waals surface area contributed by atoms with Crippen molar-refractivity contribution in [3.63, 3.8) is 0 Å². The fourth-order valence-electron chi connectivity index (χ4n) is 3.99. The van der Waals surface area contributed by atoms with Gasteiger partial charge in [0.15, 0.2) is 5.82 Å². The molecule has 1 N–H and O–H groups in total. The van der Waals surface area contributed by atoms with Gasteiger partial charge in [-0.15, -0.1) is 0 Å². The molecular weight excluding hydrogens is 506 g/mol. The third-order valence-electron chi connectivity index (χ3n) is 5.34. The van der Waals surface area contributed by atoms with Crippen LogP contribution in [0.25, 0.3) is 0 Å². The van der Waals surface area contributed by atoms with Crippen molar-refractivity contribution < 1.29 is 4.39 Å². The van der Waals surface area contributed by atoms with Crippen LogP contribution in [0.15, 0.2) is 58.4 Å². The molecule has 0 fully saturated rings. The third-order valence-corrected chi connectivity index (χ3v) is 6.89. The van der Waals surface area contributed by atoms with Gasteiger partial charge in [-0.25, -0.2) is 9.37 Å². The third kappa shape index (κ3) is 2.74. The van der Waals surface area contributed by atoms with Crippen LogP contribution in [0.4, 0.5) is 10.2 Å². The molecule has 5 heteroatoms. The van der Waals surface area contributed by atoms with Gasteiger partial charge < -0.3 is 5.32 Å². The summed E-state index contributed by atoms with van der Waals surface area (Å²) >= 11 is 5.70. The zero-order valence-electron chi connectivity index (χ0n) is 14.8. The molecule has 0 saturated heterocycles. The Morgan fingerprint density at radius 2 is 2.04 bits per heavy atom. The molecule has 1 unspecified atom stereocenters. The predicted octanol–water partition coefficient (Wildman–Crippen LogP) is 6.56. The number of nitrogens with zero attached hydrogens (tertiary/aromatic N) is 1. The van der Waals surface area contributed by atoms with E-state index in [1.165, 1.54) is 17.5 Å². The van der Waals surface area contributed by atoms with Crippen molar-refractivity contribution in [2.45, 2.75) is 32.6 Å². The topological polar surface area (TPSA) is 24.9 Å². The molecule has 1 aliphatic carbocycles. The molecule has 1 aromatic heterocycles. The summed E-state index contributed by atoms with van der Waals surface area (Å²) in [6.45, 7) is 6.63. The van der Waals surface area contributed by atoms with E-state index >= 15 is 0 Å².